The van der Waals surface area contributed by atoms with Crippen LogP contribution in [-0.2, 0) is 0 Å². The second-order valence-electron chi connectivity index (χ2n) is 9.00. The van der Waals surface area contributed by atoms with Gasteiger partial charge in [-0.2, -0.15) is 15.0 Å². The van der Waals surface area contributed by atoms with Crippen molar-refractivity contribution in [3.8, 4) is 0 Å². The molecular weight excluding hydrogens is 434 g/mol. The van der Waals surface area contributed by atoms with Gasteiger partial charge in [-0.1, -0.05) is 73.7 Å². The molecule has 0 atom stereocenters. The molecule has 0 bridgehead atoms. The number of piperidine rings is 1. The van der Waals surface area contributed by atoms with Crippen molar-refractivity contribution in [2.45, 2.75) is 38.1 Å². The van der Waals surface area contributed by atoms with Crippen LogP contribution in [0.25, 0.3) is 0 Å². The standard InChI is InChI=1S/C28H37N7/c1-3-17-29-26-32-27(30-18-4-2)34-28(33-26)31-24-15-19-35(20-16-24)21-25(22-11-7-5-8-12-22)23-13-9-6-10-14-23/h3,5-14,24-25H,1,4,15-21H2,2H3,(H3,29,30,31,32,33,34). The predicted molar refractivity (Wildman–Crippen MR) is 145 cm³/mol. The summed E-state index contributed by atoms with van der Waals surface area (Å²) in [6.45, 7) is 10.4. The first kappa shape index (κ1) is 24.7. The highest BCUT2D eigenvalue weighted by Gasteiger charge is 2.24. The lowest BCUT2D eigenvalue weighted by Gasteiger charge is -2.35. The minimum atomic E-state index is 0.340. The van der Waals surface area contributed by atoms with E-state index in [1.54, 1.807) is 6.08 Å². The Kier molecular flexibility index (Phi) is 9.06. The van der Waals surface area contributed by atoms with Crippen molar-refractivity contribution in [3.63, 3.8) is 0 Å². The van der Waals surface area contributed by atoms with Crippen molar-refractivity contribution in [2.24, 2.45) is 0 Å². The van der Waals surface area contributed by atoms with E-state index in [0.717, 1.165) is 45.4 Å². The van der Waals surface area contributed by atoms with Crippen LogP contribution in [0.2, 0.25) is 0 Å². The Hall–Kier alpha value is -3.45. The molecule has 3 aromatic rings. The van der Waals surface area contributed by atoms with Gasteiger partial charge in [-0.15, -0.1) is 6.58 Å². The highest BCUT2D eigenvalue weighted by molar-refractivity contribution is 5.43. The molecule has 35 heavy (non-hydrogen) atoms. The molecule has 0 spiro atoms. The van der Waals surface area contributed by atoms with Crippen LogP contribution < -0.4 is 16.0 Å². The van der Waals surface area contributed by atoms with Crippen molar-refractivity contribution in [1.29, 1.82) is 0 Å². The van der Waals surface area contributed by atoms with Crippen LogP contribution in [0.5, 0.6) is 0 Å². The zero-order chi connectivity index (χ0) is 24.3. The number of benzene rings is 2. The number of hydrogen-bond donors (Lipinski definition) is 3. The molecule has 0 saturated carbocycles. The Morgan fingerprint density at radius 3 is 2.03 bits per heavy atom. The van der Waals surface area contributed by atoms with Gasteiger partial charge in [-0.3, -0.25) is 0 Å². The maximum atomic E-state index is 4.60. The molecule has 2 heterocycles. The van der Waals surface area contributed by atoms with Crippen molar-refractivity contribution in [1.82, 2.24) is 19.9 Å². The maximum absolute atomic E-state index is 4.60. The fourth-order valence-electron chi connectivity index (χ4n) is 4.47. The van der Waals surface area contributed by atoms with Gasteiger partial charge in [0.1, 0.15) is 0 Å². The van der Waals surface area contributed by atoms with Gasteiger partial charge in [-0.05, 0) is 30.4 Å². The molecule has 7 nitrogen and oxygen atoms in total. The SMILES string of the molecule is C=CCNc1nc(NCCC)nc(NC2CCN(CC(c3ccccc3)c3ccccc3)CC2)n1. The highest BCUT2D eigenvalue weighted by Crippen LogP contribution is 2.27. The molecule has 1 aliphatic rings. The van der Waals surface area contributed by atoms with Crippen LogP contribution in [-0.4, -0.2) is 58.6 Å². The van der Waals surface area contributed by atoms with E-state index in [1.165, 1.54) is 11.1 Å². The van der Waals surface area contributed by atoms with Gasteiger partial charge in [-0.25, -0.2) is 0 Å². The van der Waals surface area contributed by atoms with E-state index in [2.05, 4.69) is 110 Å². The van der Waals surface area contributed by atoms with E-state index in [1.807, 2.05) is 0 Å². The molecule has 7 heteroatoms. The Bertz CT molecular complexity index is 994. The molecular formula is C28H37N7. The second kappa shape index (κ2) is 12.9. The number of nitrogens with one attached hydrogen (secondary N) is 3. The summed E-state index contributed by atoms with van der Waals surface area (Å²) in [5.41, 5.74) is 2.74. The third kappa shape index (κ3) is 7.26. The maximum Gasteiger partial charge on any atom is 0.229 e. The minimum absolute atomic E-state index is 0.340. The fraction of sp³-hybridized carbons (Fsp3) is 0.393. The molecule has 1 aromatic heterocycles. The Balaban J connectivity index is 1.38. The normalized spacial score (nSPS) is 14.6. The average Bonchev–Trinajstić information content (AvgIpc) is 2.91. The van der Waals surface area contributed by atoms with E-state index >= 15 is 0 Å². The average molecular weight is 472 g/mol. The third-order valence-electron chi connectivity index (χ3n) is 6.34. The van der Waals surface area contributed by atoms with Gasteiger partial charge in [0.05, 0.1) is 0 Å². The lowest BCUT2D eigenvalue weighted by atomic mass is 9.90. The van der Waals surface area contributed by atoms with E-state index in [0.29, 0.717) is 36.3 Å². The lowest BCUT2D eigenvalue weighted by Crippen LogP contribution is -2.41. The van der Waals surface area contributed by atoms with Gasteiger partial charge in [0.25, 0.3) is 0 Å². The zero-order valence-corrected chi connectivity index (χ0v) is 20.7. The van der Waals surface area contributed by atoms with Crippen LogP contribution in [0.15, 0.2) is 73.3 Å². The second-order valence-corrected chi connectivity index (χ2v) is 9.00. The zero-order valence-electron chi connectivity index (χ0n) is 20.7. The number of rotatable bonds is 12. The van der Waals surface area contributed by atoms with Crippen LogP contribution in [0.3, 0.4) is 0 Å². The Morgan fingerprint density at radius 1 is 0.886 bits per heavy atom. The molecule has 2 aromatic carbocycles. The summed E-state index contributed by atoms with van der Waals surface area (Å²) in [4.78, 5) is 16.2. The van der Waals surface area contributed by atoms with Crippen molar-refractivity contribution in [3.05, 3.63) is 84.4 Å². The molecule has 4 rings (SSSR count). The first-order chi connectivity index (χ1) is 17.2. The lowest BCUT2D eigenvalue weighted by molar-refractivity contribution is 0.213. The summed E-state index contributed by atoms with van der Waals surface area (Å²) in [6.07, 6.45) is 4.91. The number of hydrogen-bond acceptors (Lipinski definition) is 7. The molecule has 0 unspecified atom stereocenters. The van der Waals surface area contributed by atoms with Crippen LogP contribution in [0, 0.1) is 0 Å². The van der Waals surface area contributed by atoms with Crippen molar-refractivity contribution >= 4 is 17.8 Å². The Morgan fingerprint density at radius 2 is 1.46 bits per heavy atom. The number of aromatic nitrogens is 3. The molecule has 1 fully saturated rings. The van der Waals surface area contributed by atoms with E-state index < -0.39 is 0 Å². The van der Waals surface area contributed by atoms with Gasteiger partial charge in [0.15, 0.2) is 0 Å². The van der Waals surface area contributed by atoms with Gasteiger partial charge in [0, 0.05) is 44.7 Å². The molecule has 1 aliphatic heterocycles. The Labute approximate surface area is 209 Å². The molecule has 1 saturated heterocycles. The summed E-state index contributed by atoms with van der Waals surface area (Å²) >= 11 is 0. The highest BCUT2D eigenvalue weighted by atomic mass is 15.3. The molecule has 0 amide bonds. The topological polar surface area (TPSA) is 78.0 Å². The molecule has 3 N–H and O–H groups in total. The van der Waals surface area contributed by atoms with Crippen molar-refractivity contribution < 1.29 is 0 Å². The first-order valence-electron chi connectivity index (χ1n) is 12.7. The summed E-state index contributed by atoms with van der Waals surface area (Å²) in [6, 6.07) is 22.0. The van der Waals surface area contributed by atoms with E-state index in [4.69, 9.17) is 0 Å². The number of nitrogens with zero attached hydrogens (tertiary/aromatic N) is 4. The predicted octanol–water partition coefficient (Wildman–Crippen LogP) is 5.00. The van der Waals surface area contributed by atoms with Crippen molar-refractivity contribution in [2.75, 3.05) is 48.7 Å². The summed E-state index contributed by atoms with van der Waals surface area (Å²) in [5, 5.41) is 10.0. The number of anilines is 3. The van der Waals surface area contributed by atoms with Gasteiger partial charge < -0.3 is 20.9 Å². The monoisotopic (exact) mass is 471 g/mol. The fourth-order valence-corrected chi connectivity index (χ4v) is 4.47. The third-order valence-corrected chi connectivity index (χ3v) is 6.34. The number of likely N-dealkylation sites (tertiary alicyclic amines) is 1. The van der Waals surface area contributed by atoms with Crippen LogP contribution >= 0.6 is 0 Å². The molecule has 0 radical (unpaired) electrons. The summed E-state index contributed by atoms with van der Waals surface area (Å²) in [5.74, 6) is 2.15. The largest absolute Gasteiger partial charge is 0.354 e. The van der Waals surface area contributed by atoms with Crippen LogP contribution in [0.1, 0.15) is 43.2 Å². The summed E-state index contributed by atoms with van der Waals surface area (Å²) < 4.78 is 0. The van der Waals surface area contributed by atoms with Crippen LogP contribution in [0.4, 0.5) is 17.8 Å². The van der Waals surface area contributed by atoms with Gasteiger partial charge in [0.2, 0.25) is 17.8 Å². The smallest absolute Gasteiger partial charge is 0.229 e. The molecule has 184 valence electrons. The quantitative estimate of drug-likeness (QED) is 0.321. The first-order valence-corrected chi connectivity index (χ1v) is 12.7. The summed E-state index contributed by atoms with van der Waals surface area (Å²) in [7, 11) is 0. The minimum Gasteiger partial charge on any atom is -0.354 e. The van der Waals surface area contributed by atoms with E-state index in [9.17, 15) is 0 Å². The van der Waals surface area contributed by atoms with E-state index in [-0.39, 0.29) is 0 Å². The molecule has 0 aliphatic carbocycles. The van der Waals surface area contributed by atoms with Gasteiger partial charge >= 0.3 is 0 Å².